The maximum Gasteiger partial charge on any atom is 0.338 e. The lowest BCUT2D eigenvalue weighted by atomic mass is 9.83. The molecular formula is C21H26N2O5. The van der Waals surface area contributed by atoms with Crippen molar-refractivity contribution in [3.05, 3.63) is 46.6 Å². The van der Waals surface area contributed by atoms with E-state index in [-0.39, 0.29) is 29.7 Å². The van der Waals surface area contributed by atoms with Gasteiger partial charge in [-0.2, -0.15) is 5.26 Å². The van der Waals surface area contributed by atoms with Crippen LogP contribution in [-0.4, -0.2) is 25.8 Å². The van der Waals surface area contributed by atoms with Gasteiger partial charge in [0.15, 0.2) is 11.5 Å². The highest BCUT2D eigenvalue weighted by Gasteiger charge is 2.36. The molecule has 0 aromatic heterocycles. The zero-order chi connectivity index (χ0) is 20.8. The molecule has 2 N–H and O–H groups in total. The average molecular weight is 386 g/mol. The minimum absolute atomic E-state index is 0.0188. The number of rotatable bonds is 7. The number of carbonyl (C=O) groups is 1. The molecule has 0 bridgehead atoms. The summed E-state index contributed by atoms with van der Waals surface area (Å²) in [7, 11) is 1.54. The van der Waals surface area contributed by atoms with Crippen molar-refractivity contribution in [1.29, 1.82) is 5.26 Å². The van der Waals surface area contributed by atoms with E-state index in [1.165, 1.54) is 7.11 Å². The molecule has 1 aliphatic heterocycles. The van der Waals surface area contributed by atoms with Crippen molar-refractivity contribution in [3.8, 4) is 17.6 Å². The van der Waals surface area contributed by atoms with Gasteiger partial charge in [-0.25, -0.2) is 4.79 Å². The van der Waals surface area contributed by atoms with Crippen molar-refractivity contribution in [2.24, 2.45) is 5.73 Å². The number of nitriles is 1. The lowest BCUT2D eigenvalue weighted by Crippen LogP contribution is -2.25. The third-order valence-corrected chi connectivity index (χ3v) is 4.53. The van der Waals surface area contributed by atoms with Crippen molar-refractivity contribution in [2.45, 2.75) is 46.1 Å². The summed E-state index contributed by atoms with van der Waals surface area (Å²) in [5.74, 6) is 0.0896. The van der Waals surface area contributed by atoms with Crippen LogP contribution in [0.1, 0.15) is 45.6 Å². The minimum Gasteiger partial charge on any atom is -0.493 e. The van der Waals surface area contributed by atoms with E-state index in [2.05, 4.69) is 6.07 Å². The van der Waals surface area contributed by atoms with E-state index in [1.807, 2.05) is 13.8 Å². The van der Waals surface area contributed by atoms with Gasteiger partial charge in [0, 0.05) is 0 Å². The second-order valence-electron chi connectivity index (χ2n) is 6.36. The van der Waals surface area contributed by atoms with E-state index < -0.39 is 11.9 Å². The highest BCUT2D eigenvalue weighted by Crippen LogP contribution is 2.42. The van der Waals surface area contributed by atoms with Crippen molar-refractivity contribution in [1.82, 2.24) is 0 Å². The Kier molecular flexibility index (Phi) is 6.94. The summed E-state index contributed by atoms with van der Waals surface area (Å²) in [5.41, 5.74) is 6.96. The fourth-order valence-electron chi connectivity index (χ4n) is 2.95. The molecule has 1 aliphatic rings. The Morgan fingerprint density at radius 2 is 2.07 bits per heavy atom. The molecule has 0 aliphatic carbocycles. The Morgan fingerprint density at radius 1 is 1.36 bits per heavy atom. The predicted molar refractivity (Wildman–Crippen MR) is 103 cm³/mol. The molecule has 0 fully saturated rings. The van der Waals surface area contributed by atoms with Crippen LogP contribution in [0.3, 0.4) is 0 Å². The molecule has 2 rings (SSSR count). The van der Waals surface area contributed by atoms with Crippen LogP contribution in [-0.2, 0) is 14.3 Å². The SMILES string of the molecule is CCOC(=O)C1=C(C)OC(N)=C(C#N)C1c1ccc(OC(C)CC)c(OC)c1. The normalized spacial score (nSPS) is 17.5. The lowest BCUT2D eigenvalue weighted by molar-refractivity contribution is -0.139. The third-order valence-electron chi connectivity index (χ3n) is 4.53. The molecule has 1 aromatic carbocycles. The number of benzene rings is 1. The van der Waals surface area contributed by atoms with E-state index in [0.717, 1.165) is 6.42 Å². The van der Waals surface area contributed by atoms with Crippen molar-refractivity contribution in [2.75, 3.05) is 13.7 Å². The van der Waals surface area contributed by atoms with E-state index >= 15 is 0 Å². The van der Waals surface area contributed by atoms with E-state index in [1.54, 1.807) is 32.0 Å². The molecular weight excluding hydrogens is 360 g/mol. The van der Waals surface area contributed by atoms with Crippen LogP contribution in [0, 0.1) is 11.3 Å². The van der Waals surface area contributed by atoms with Gasteiger partial charge in [-0.05, 0) is 44.9 Å². The Hall–Kier alpha value is -3.14. The van der Waals surface area contributed by atoms with Crippen LogP contribution < -0.4 is 15.2 Å². The predicted octanol–water partition coefficient (Wildman–Crippen LogP) is 3.52. The number of methoxy groups -OCH3 is 1. The van der Waals surface area contributed by atoms with Crippen LogP contribution in [0.5, 0.6) is 11.5 Å². The summed E-state index contributed by atoms with van der Waals surface area (Å²) in [6.45, 7) is 7.53. The van der Waals surface area contributed by atoms with Crippen LogP contribution in [0.15, 0.2) is 41.0 Å². The van der Waals surface area contributed by atoms with Gasteiger partial charge in [-0.3, -0.25) is 0 Å². The van der Waals surface area contributed by atoms with Gasteiger partial charge in [0.1, 0.15) is 17.4 Å². The van der Waals surface area contributed by atoms with Gasteiger partial charge in [0.25, 0.3) is 0 Å². The Morgan fingerprint density at radius 3 is 2.64 bits per heavy atom. The second-order valence-corrected chi connectivity index (χ2v) is 6.36. The first-order valence-electron chi connectivity index (χ1n) is 9.17. The first-order chi connectivity index (χ1) is 13.4. The maximum atomic E-state index is 12.6. The van der Waals surface area contributed by atoms with Crippen molar-refractivity contribution in [3.63, 3.8) is 0 Å². The number of carbonyl (C=O) groups excluding carboxylic acids is 1. The van der Waals surface area contributed by atoms with Gasteiger partial charge in [-0.1, -0.05) is 13.0 Å². The molecule has 1 aromatic rings. The molecule has 0 radical (unpaired) electrons. The first-order valence-corrected chi connectivity index (χ1v) is 9.17. The lowest BCUT2D eigenvalue weighted by Gasteiger charge is -2.27. The molecule has 1 heterocycles. The second kappa shape index (κ2) is 9.18. The molecule has 7 heteroatoms. The van der Waals surface area contributed by atoms with Crippen LogP contribution in [0.25, 0.3) is 0 Å². The summed E-state index contributed by atoms with van der Waals surface area (Å²) < 4.78 is 22.0. The largest absolute Gasteiger partial charge is 0.493 e. The fraction of sp³-hybridized carbons (Fsp3) is 0.429. The van der Waals surface area contributed by atoms with Crippen LogP contribution in [0.2, 0.25) is 0 Å². The number of hydrogen-bond acceptors (Lipinski definition) is 7. The van der Waals surface area contributed by atoms with Gasteiger partial charge >= 0.3 is 5.97 Å². The van der Waals surface area contributed by atoms with Gasteiger partial charge in [-0.15, -0.1) is 0 Å². The van der Waals surface area contributed by atoms with Gasteiger partial charge in [0.05, 0.1) is 31.3 Å². The topological polar surface area (TPSA) is 104 Å². The summed E-state index contributed by atoms with van der Waals surface area (Å²) in [5, 5.41) is 9.64. The maximum absolute atomic E-state index is 12.6. The summed E-state index contributed by atoms with van der Waals surface area (Å²) in [6.07, 6.45) is 0.864. The van der Waals surface area contributed by atoms with Gasteiger partial charge in [0.2, 0.25) is 5.88 Å². The van der Waals surface area contributed by atoms with E-state index in [9.17, 15) is 10.1 Å². The van der Waals surface area contributed by atoms with Gasteiger partial charge < -0.3 is 24.7 Å². The molecule has 7 nitrogen and oxygen atoms in total. The number of allylic oxidation sites excluding steroid dienone is 2. The highest BCUT2D eigenvalue weighted by atomic mass is 16.5. The summed E-state index contributed by atoms with van der Waals surface area (Å²) in [6, 6.07) is 7.35. The standard InChI is InChI=1S/C21H26N2O5/c1-6-12(3)27-16-9-8-14(10-17(16)25-5)19-15(11-22)20(23)28-13(4)18(19)21(24)26-7-2/h8-10,12,19H,6-7,23H2,1-5H3. The Labute approximate surface area is 165 Å². The third kappa shape index (κ3) is 4.22. The fourth-order valence-corrected chi connectivity index (χ4v) is 2.95. The molecule has 0 saturated carbocycles. The minimum atomic E-state index is -0.718. The number of nitrogens with zero attached hydrogens (tertiary/aromatic N) is 1. The number of nitrogens with two attached hydrogens (primary N) is 1. The monoisotopic (exact) mass is 386 g/mol. The molecule has 2 atom stereocenters. The van der Waals surface area contributed by atoms with Crippen molar-refractivity contribution < 1.29 is 23.7 Å². The summed E-state index contributed by atoms with van der Waals surface area (Å²) in [4.78, 5) is 12.6. The molecule has 0 amide bonds. The molecule has 0 spiro atoms. The molecule has 150 valence electrons. The number of hydrogen-bond donors (Lipinski definition) is 1. The van der Waals surface area contributed by atoms with Crippen LogP contribution >= 0.6 is 0 Å². The Bertz CT molecular complexity index is 851. The number of esters is 1. The first kappa shape index (κ1) is 21.2. The van der Waals surface area contributed by atoms with Crippen molar-refractivity contribution >= 4 is 5.97 Å². The van der Waals surface area contributed by atoms with Crippen LogP contribution in [0.4, 0.5) is 0 Å². The zero-order valence-electron chi connectivity index (χ0n) is 16.9. The van der Waals surface area contributed by atoms with E-state index in [4.69, 9.17) is 24.7 Å². The zero-order valence-corrected chi connectivity index (χ0v) is 16.9. The Balaban J connectivity index is 2.58. The molecule has 28 heavy (non-hydrogen) atoms. The number of ether oxygens (including phenoxy) is 4. The summed E-state index contributed by atoms with van der Waals surface area (Å²) >= 11 is 0. The average Bonchev–Trinajstić information content (AvgIpc) is 2.67. The molecule has 2 unspecified atom stereocenters. The van der Waals surface area contributed by atoms with E-state index in [0.29, 0.717) is 22.8 Å². The smallest absolute Gasteiger partial charge is 0.338 e. The molecule has 0 saturated heterocycles. The highest BCUT2D eigenvalue weighted by molar-refractivity contribution is 5.92. The quantitative estimate of drug-likeness (QED) is 0.715.